The SMILES string of the molecule is O=C(COc1ccc(Br)cc1)N1CCN(S(=O)(=O)c2cc(C(F)(F)F)cc(C(F)(F)F)c2)CC1. The minimum Gasteiger partial charge on any atom is -0.484 e. The first-order valence-electron chi connectivity index (χ1n) is 9.64. The first kappa shape index (κ1) is 26.3. The standard InChI is InChI=1S/C20H17BrF6N2O4S/c21-15-1-3-16(4-2-15)33-12-18(30)28-5-7-29(8-6-28)34(31,32)17-10-13(19(22,23)24)9-14(11-17)20(25,26)27/h1-4,9-11H,5-8,12H2. The largest absolute Gasteiger partial charge is 0.484 e. The molecule has 1 heterocycles. The molecule has 0 spiro atoms. The monoisotopic (exact) mass is 574 g/mol. The molecule has 34 heavy (non-hydrogen) atoms. The maximum atomic E-state index is 13.1. The maximum absolute atomic E-state index is 13.1. The smallest absolute Gasteiger partial charge is 0.416 e. The Morgan fingerprint density at radius 1 is 0.882 bits per heavy atom. The number of hydrogen-bond acceptors (Lipinski definition) is 4. The molecule has 0 aliphatic carbocycles. The summed E-state index contributed by atoms with van der Waals surface area (Å²) in [7, 11) is -4.68. The van der Waals surface area contributed by atoms with Crippen molar-refractivity contribution >= 4 is 31.9 Å². The van der Waals surface area contributed by atoms with E-state index < -0.39 is 44.3 Å². The van der Waals surface area contributed by atoms with E-state index in [2.05, 4.69) is 15.9 Å². The van der Waals surface area contributed by atoms with Crippen molar-refractivity contribution in [3.63, 3.8) is 0 Å². The Morgan fingerprint density at radius 3 is 1.85 bits per heavy atom. The molecule has 0 radical (unpaired) electrons. The highest BCUT2D eigenvalue weighted by Crippen LogP contribution is 2.37. The molecule has 0 N–H and O–H groups in total. The Hall–Kier alpha value is -2.32. The van der Waals surface area contributed by atoms with Gasteiger partial charge in [0.2, 0.25) is 10.0 Å². The summed E-state index contributed by atoms with van der Waals surface area (Å²) < 4.78 is 111. The summed E-state index contributed by atoms with van der Waals surface area (Å²) in [5.41, 5.74) is -3.44. The van der Waals surface area contributed by atoms with Gasteiger partial charge in [0.25, 0.3) is 5.91 Å². The van der Waals surface area contributed by atoms with Gasteiger partial charge < -0.3 is 9.64 Å². The molecule has 2 aromatic rings. The van der Waals surface area contributed by atoms with Crippen LogP contribution in [0.15, 0.2) is 51.8 Å². The van der Waals surface area contributed by atoms with Crippen LogP contribution >= 0.6 is 15.9 Å². The summed E-state index contributed by atoms with van der Waals surface area (Å²) >= 11 is 3.26. The van der Waals surface area contributed by atoms with Gasteiger partial charge in [-0.05, 0) is 42.5 Å². The predicted molar refractivity (Wildman–Crippen MR) is 111 cm³/mol. The highest BCUT2D eigenvalue weighted by molar-refractivity contribution is 9.10. The van der Waals surface area contributed by atoms with E-state index in [1.54, 1.807) is 24.3 Å². The average molecular weight is 575 g/mol. The van der Waals surface area contributed by atoms with Crippen LogP contribution in [0.3, 0.4) is 0 Å². The number of nitrogens with zero attached hydrogens (tertiary/aromatic N) is 2. The molecule has 186 valence electrons. The zero-order chi connectivity index (χ0) is 25.3. The number of halogens is 7. The molecule has 0 unspecified atom stereocenters. The molecule has 2 aromatic carbocycles. The van der Waals surface area contributed by atoms with Crippen molar-refractivity contribution < 1.29 is 44.3 Å². The molecular weight excluding hydrogens is 558 g/mol. The molecule has 0 atom stereocenters. The minimum atomic E-state index is -5.18. The van der Waals surface area contributed by atoms with Crippen LogP contribution in [0.5, 0.6) is 5.75 Å². The Balaban J connectivity index is 1.70. The number of piperazine rings is 1. The first-order valence-corrected chi connectivity index (χ1v) is 11.9. The number of carbonyl (C=O) groups excluding carboxylic acids is 1. The molecule has 14 heteroatoms. The molecule has 1 fully saturated rings. The summed E-state index contributed by atoms with van der Waals surface area (Å²) in [4.78, 5) is 12.5. The Bertz CT molecular complexity index is 1110. The lowest BCUT2D eigenvalue weighted by molar-refractivity contribution is -0.143. The highest BCUT2D eigenvalue weighted by atomic mass is 79.9. The summed E-state index contributed by atoms with van der Waals surface area (Å²) in [6.45, 7) is -1.13. The number of ether oxygens (including phenoxy) is 1. The molecule has 0 saturated carbocycles. The predicted octanol–water partition coefficient (Wildman–Crippen LogP) is 4.40. The van der Waals surface area contributed by atoms with Gasteiger partial charge in [-0.1, -0.05) is 15.9 Å². The second kappa shape index (κ2) is 9.74. The number of alkyl halides is 6. The fourth-order valence-electron chi connectivity index (χ4n) is 3.17. The number of rotatable bonds is 5. The van der Waals surface area contributed by atoms with Crippen LogP contribution < -0.4 is 4.74 Å². The zero-order valence-electron chi connectivity index (χ0n) is 17.2. The Morgan fingerprint density at radius 2 is 1.38 bits per heavy atom. The number of amides is 1. The normalized spacial score (nSPS) is 15.9. The van der Waals surface area contributed by atoms with E-state index >= 15 is 0 Å². The van der Waals surface area contributed by atoms with E-state index in [-0.39, 0.29) is 51.0 Å². The van der Waals surface area contributed by atoms with Gasteiger partial charge in [-0.3, -0.25) is 4.79 Å². The van der Waals surface area contributed by atoms with Crippen LogP contribution in [-0.4, -0.2) is 56.3 Å². The van der Waals surface area contributed by atoms with E-state index in [1.165, 1.54) is 4.90 Å². The number of carbonyl (C=O) groups is 1. The third-order valence-corrected chi connectivity index (χ3v) is 7.37. The lowest BCUT2D eigenvalue weighted by Crippen LogP contribution is -2.51. The number of hydrogen-bond donors (Lipinski definition) is 0. The van der Waals surface area contributed by atoms with E-state index in [0.717, 1.165) is 8.78 Å². The van der Waals surface area contributed by atoms with Crippen molar-refractivity contribution in [3.8, 4) is 5.75 Å². The quantitative estimate of drug-likeness (QED) is 0.497. The van der Waals surface area contributed by atoms with Crippen LogP contribution in [0, 0.1) is 0 Å². The third kappa shape index (κ3) is 6.21. The van der Waals surface area contributed by atoms with E-state index in [9.17, 15) is 39.6 Å². The molecule has 1 amide bonds. The fraction of sp³-hybridized carbons (Fsp3) is 0.350. The summed E-state index contributed by atoms with van der Waals surface area (Å²) in [5.74, 6) is -0.0128. The van der Waals surface area contributed by atoms with E-state index in [1.807, 2.05) is 0 Å². The zero-order valence-corrected chi connectivity index (χ0v) is 19.6. The molecule has 6 nitrogen and oxygen atoms in total. The van der Waals surface area contributed by atoms with Gasteiger partial charge >= 0.3 is 12.4 Å². The summed E-state index contributed by atoms with van der Waals surface area (Å²) in [6.07, 6.45) is -10.4. The fourth-order valence-corrected chi connectivity index (χ4v) is 4.93. The first-order chi connectivity index (χ1) is 15.7. The van der Waals surface area contributed by atoms with Gasteiger partial charge in [-0.2, -0.15) is 30.6 Å². The van der Waals surface area contributed by atoms with Crippen molar-refractivity contribution in [2.45, 2.75) is 17.2 Å². The lowest BCUT2D eigenvalue weighted by atomic mass is 10.1. The van der Waals surface area contributed by atoms with Crippen LogP contribution in [0.2, 0.25) is 0 Å². The second-order valence-electron chi connectivity index (χ2n) is 7.27. The maximum Gasteiger partial charge on any atom is 0.416 e. The molecule has 1 aliphatic rings. The highest BCUT2D eigenvalue weighted by Gasteiger charge is 2.39. The second-order valence-corrected chi connectivity index (χ2v) is 10.1. The summed E-state index contributed by atoms with van der Waals surface area (Å²) in [6, 6.07) is 6.89. The van der Waals surface area contributed by atoms with Gasteiger partial charge in [-0.25, -0.2) is 8.42 Å². The van der Waals surface area contributed by atoms with Gasteiger partial charge in [-0.15, -0.1) is 0 Å². The molecular formula is C20H17BrF6N2O4S. The van der Waals surface area contributed by atoms with Crippen LogP contribution in [-0.2, 0) is 27.2 Å². The van der Waals surface area contributed by atoms with E-state index in [0.29, 0.717) is 5.75 Å². The van der Waals surface area contributed by atoms with Crippen LogP contribution in [0.1, 0.15) is 11.1 Å². The lowest BCUT2D eigenvalue weighted by Gasteiger charge is -2.34. The van der Waals surface area contributed by atoms with Crippen molar-refractivity contribution in [2.24, 2.45) is 0 Å². The van der Waals surface area contributed by atoms with Crippen molar-refractivity contribution in [2.75, 3.05) is 32.8 Å². The Labute approximate surface area is 199 Å². The van der Waals surface area contributed by atoms with Gasteiger partial charge in [0, 0.05) is 30.7 Å². The van der Waals surface area contributed by atoms with E-state index in [4.69, 9.17) is 4.74 Å². The topological polar surface area (TPSA) is 66.9 Å². The minimum absolute atomic E-state index is 0.104. The summed E-state index contributed by atoms with van der Waals surface area (Å²) in [5, 5.41) is 0. The van der Waals surface area contributed by atoms with Gasteiger partial charge in [0.05, 0.1) is 16.0 Å². The number of sulfonamides is 1. The van der Waals surface area contributed by atoms with Crippen LogP contribution in [0.4, 0.5) is 26.3 Å². The Kier molecular flexibility index (Phi) is 7.53. The molecule has 1 saturated heterocycles. The van der Waals surface area contributed by atoms with Crippen molar-refractivity contribution in [1.82, 2.24) is 9.21 Å². The third-order valence-electron chi connectivity index (χ3n) is 4.97. The van der Waals surface area contributed by atoms with Crippen LogP contribution in [0.25, 0.3) is 0 Å². The molecule has 0 aromatic heterocycles. The van der Waals surface area contributed by atoms with Gasteiger partial charge in [0.15, 0.2) is 6.61 Å². The molecule has 1 aliphatic heterocycles. The molecule has 3 rings (SSSR count). The van der Waals surface area contributed by atoms with Gasteiger partial charge in [0.1, 0.15) is 5.75 Å². The van der Waals surface area contributed by atoms with Crippen molar-refractivity contribution in [1.29, 1.82) is 0 Å². The average Bonchev–Trinajstić information content (AvgIpc) is 2.77. The van der Waals surface area contributed by atoms with Crippen molar-refractivity contribution in [3.05, 3.63) is 58.1 Å². The molecule has 0 bridgehead atoms. The number of benzene rings is 2.